The molecule has 1 fully saturated rings. The van der Waals surface area contributed by atoms with E-state index in [1.165, 1.54) is 6.07 Å². The van der Waals surface area contributed by atoms with Gasteiger partial charge in [0.1, 0.15) is 11.3 Å². The number of halogens is 1. The van der Waals surface area contributed by atoms with Crippen LogP contribution in [-0.4, -0.2) is 49.1 Å². The summed E-state index contributed by atoms with van der Waals surface area (Å²) >= 11 is 0. The van der Waals surface area contributed by atoms with Gasteiger partial charge < -0.3 is 15.6 Å². The van der Waals surface area contributed by atoms with Crippen LogP contribution in [0.3, 0.4) is 0 Å². The molecule has 0 bridgehead atoms. The highest BCUT2D eigenvalue weighted by molar-refractivity contribution is 5.96. The van der Waals surface area contributed by atoms with E-state index in [4.69, 9.17) is 9.97 Å². The number of hydrogen-bond donors (Lipinski definition) is 4. The van der Waals surface area contributed by atoms with Gasteiger partial charge in [-0.3, -0.25) is 14.9 Å². The number of fused-ring (bicyclic) bond motifs is 2. The molecule has 6 aromatic rings. The molecule has 204 valence electrons. The SMILES string of the molecule is O=C(CC1CCNCC1)Nc1cncc(-c2ccc3[nH]nc(-c4nc5c(-c6ccccc6F)cccc5[nH]4)c3n2)c1. The largest absolute Gasteiger partial charge is 0.336 e. The second-order valence-corrected chi connectivity index (χ2v) is 10.3. The number of para-hydroxylation sites is 1. The van der Waals surface area contributed by atoms with Crippen LogP contribution < -0.4 is 10.6 Å². The Bertz CT molecular complexity index is 1890. The Morgan fingerprint density at radius 1 is 0.927 bits per heavy atom. The summed E-state index contributed by atoms with van der Waals surface area (Å²) in [5.74, 6) is 0.615. The zero-order valence-corrected chi connectivity index (χ0v) is 22.1. The molecule has 1 aliphatic rings. The smallest absolute Gasteiger partial charge is 0.224 e. The van der Waals surface area contributed by atoms with Crippen LogP contribution in [0.4, 0.5) is 10.1 Å². The Morgan fingerprint density at radius 2 is 1.78 bits per heavy atom. The van der Waals surface area contributed by atoms with Crippen molar-refractivity contribution in [2.45, 2.75) is 19.3 Å². The van der Waals surface area contributed by atoms with E-state index < -0.39 is 0 Å². The van der Waals surface area contributed by atoms with Gasteiger partial charge in [0.25, 0.3) is 0 Å². The number of anilines is 1. The van der Waals surface area contributed by atoms with Crippen molar-refractivity contribution < 1.29 is 9.18 Å². The van der Waals surface area contributed by atoms with Crippen molar-refractivity contribution in [2.24, 2.45) is 5.92 Å². The lowest BCUT2D eigenvalue weighted by molar-refractivity contribution is -0.117. The Hall–Kier alpha value is -4.96. The average molecular weight is 547 g/mol. The summed E-state index contributed by atoms with van der Waals surface area (Å²) < 4.78 is 14.6. The standard InChI is InChI=1S/C31H27FN8O/c32-23-6-2-1-4-21(23)22-5-3-7-25-28(22)38-31(37-25)30-29-26(39-40-30)9-8-24(36-29)19-15-20(17-34-16-19)35-27(41)14-18-10-12-33-13-11-18/h1-9,15-18,33H,10-14H2,(H,35,41)(H,37,38)(H,39,40). The van der Waals surface area contributed by atoms with Gasteiger partial charge in [-0.15, -0.1) is 0 Å². The van der Waals surface area contributed by atoms with Crippen molar-refractivity contribution in [1.29, 1.82) is 0 Å². The van der Waals surface area contributed by atoms with Crippen molar-refractivity contribution in [1.82, 2.24) is 35.5 Å². The molecule has 2 aromatic carbocycles. The quantitative estimate of drug-likeness (QED) is 0.213. The minimum Gasteiger partial charge on any atom is -0.336 e. The van der Waals surface area contributed by atoms with Crippen LogP contribution in [0.15, 0.2) is 73.1 Å². The van der Waals surface area contributed by atoms with Gasteiger partial charge in [-0.2, -0.15) is 5.10 Å². The van der Waals surface area contributed by atoms with E-state index in [2.05, 4.69) is 30.8 Å². The summed E-state index contributed by atoms with van der Waals surface area (Å²) in [5.41, 5.74) is 6.62. The van der Waals surface area contributed by atoms with Crippen LogP contribution in [-0.2, 0) is 4.79 Å². The number of hydrogen-bond acceptors (Lipinski definition) is 6. The first-order valence-corrected chi connectivity index (χ1v) is 13.7. The van der Waals surface area contributed by atoms with Crippen LogP contribution in [0.1, 0.15) is 19.3 Å². The summed E-state index contributed by atoms with van der Waals surface area (Å²) in [7, 11) is 0. The molecule has 0 unspecified atom stereocenters. The van der Waals surface area contributed by atoms with Gasteiger partial charge in [-0.05, 0) is 62.2 Å². The van der Waals surface area contributed by atoms with Gasteiger partial charge in [0.2, 0.25) is 5.91 Å². The topological polar surface area (TPSA) is 124 Å². The van der Waals surface area contributed by atoms with E-state index in [-0.39, 0.29) is 11.7 Å². The van der Waals surface area contributed by atoms with E-state index in [0.29, 0.717) is 57.4 Å². The number of carbonyl (C=O) groups excluding carboxylic acids is 1. The Morgan fingerprint density at radius 3 is 2.66 bits per heavy atom. The maximum Gasteiger partial charge on any atom is 0.224 e. The number of aromatic amines is 2. The molecule has 0 radical (unpaired) electrons. The second kappa shape index (κ2) is 10.5. The highest BCUT2D eigenvalue weighted by Crippen LogP contribution is 2.33. The molecule has 0 spiro atoms. The summed E-state index contributed by atoms with van der Waals surface area (Å²) in [4.78, 5) is 30.0. The number of nitrogens with one attached hydrogen (secondary N) is 4. The number of piperidine rings is 1. The predicted molar refractivity (Wildman–Crippen MR) is 156 cm³/mol. The van der Waals surface area contributed by atoms with Gasteiger partial charge in [0.05, 0.1) is 34.1 Å². The number of aromatic nitrogens is 6. The number of pyridine rings is 2. The highest BCUT2D eigenvalue weighted by Gasteiger charge is 2.19. The molecule has 7 rings (SSSR count). The minimum absolute atomic E-state index is 0.00368. The maximum atomic E-state index is 14.6. The maximum absolute atomic E-state index is 14.6. The van der Waals surface area contributed by atoms with E-state index in [0.717, 1.165) is 42.5 Å². The second-order valence-electron chi connectivity index (χ2n) is 10.3. The summed E-state index contributed by atoms with van der Waals surface area (Å²) in [5, 5.41) is 13.9. The van der Waals surface area contributed by atoms with Gasteiger partial charge in [-0.25, -0.2) is 14.4 Å². The van der Waals surface area contributed by atoms with Gasteiger partial charge >= 0.3 is 0 Å². The Balaban J connectivity index is 1.20. The van der Waals surface area contributed by atoms with Crippen LogP contribution in [0.5, 0.6) is 0 Å². The molecule has 10 heteroatoms. The van der Waals surface area contributed by atoms with Crippen LogP contribution >= 0.6 is 0 Å². The molecular formula is C31H27FN8O. The number of amides is 1. The molecule has 0 saturated carbocycles. The molecule has 41 heavy (non-hydrogen) atoms. The van der Waals surface area contributed by atoms with Crippen LogP contribution in [0.25, 0.3) is 56.0 Å². The fourth-order valence-electron chi connectivity index (χ4n) is 5.47. The first-order chi connectivity index (χ1) is 20.1. The predicted octanol–water partition coefficient (Wildman–Crippen LogP) is 5.70. The third-order valence-electron chi connectivity index (χ3n) is 7.56. The molecule has 5 heterocycles. The summed E-state index contributed by atoms with van der Waals surface area (Å²) in [6, 6.07) is 18.0. The molecule has 1 aliphatic heterocycles. The molecule has 1 amide bonds. The monoisotopic (exact) mass is 546 g/mol. The normalized spacial score (nSPS) is 14.1. The van der Waals surface area contributed by atoms with Crippen molar-refractivity contribution in [2.75, 3.05) is 18.4 Å². The zero-order valence-electron chi connectivity index (χ0n) is 22.1. The number of benzene rings is 2. The van der Waals surface area contributed by atoms with E-state index in [1.807, 2.05) is 36.4 Å². The molecule has 4 N–H and O–H groups in total. The average Bonchev–Trinajstić information content (AvgIpc) is 3.62. The number of nitrogens with zero attached hydrogens (tertiary/aromatic N) is 4. The van der Waals surface area contributed by atoms with E-state index in [9.17, 15) is 9.18 Å². The first kappa shape index (κ1) is 25.0. The van der Waals surface area contributed by atoms with Gasteiger partial charge in [0, 0.05) is 29.3 Å². The van der Waals surface area contributed by atoms with Crippen LogP contribution in [0, 0.1) is 11.7 Å². The first-order valence-electron chi connectivity index (χ1n) is 13.7. The van der Waals surface area contributed by atoms with Crippen LogP contribution in [0.2, 0.25) is 0 Å². The minimum atomic E-state index is -0.306. The molecule has 9 nitrogen and oxygen atoms in total. The lowest BCUT2D eigenvalue weighted by Crippen LogP contribution is -2.30. The van der Waals surface area contributed by atoms with E-state index >= 15 is 0 Å². The van der Waals surface area contributed by atoms with Crippen molar-refractivity contribution in [3.05, 3.63) is 78.9 Å². The molecule has 0 atom stereocenters. The lowest BCUT2D eigenvalue weighted by atomic mass is 9.94. The van der Waals surface area contributed by atoms with Crippen molar-refractivity contribution in [3.8, 4) is 33.9 Å². The number of rotatable bonds is 6. The molecule has 4 aromatic heterocycles. The fourth-order valence-corrected chi connectivity index (χ4v) is 5.47. The Kier molecular flexibility index (Phi) is 6.44. The van der Waals surface area contributed by atoms with Crippen molar-refractivity contribution >= 4 is 33.7 Å². The summed E-state index contributed by atoms with van der Waals surface area (Å²) in [6.45, 7) is 1.92. The fraction of sp³-hybridized carbons (Fsp3) is 0.194. The molecule has 1 saturated heterocycles. The third kappa shape index (κ3) is 4.93. The van der Waals surface area contributed by atoms with Crippen molar-refractivity contribution in [3.63, 3.8) is 0 Å². The van der Waals surface area contributed by atoms with Gasteiger partial charge in [-0.1, -0.05) is 30.3 Å². The van der Waals surface area contributed by atoms with E-state index in [1.54, 1.807) is 30.6 Å². The van der Waals surface area contributed by atoms with Gasteiger partial charge in [0.15, 0.2) is 11.5 Å². The lowest BCUT2D eigenvalue weighted by Gasteiger charge is -2.21. The third-order valence-corrected chi connectivity index (χ3v) is 7.56. The number of H-pyrrole nitrogens is 2. The number of carbonyl (C=O) groups is 1. The zero-order chi connectivity index (χ0) is 27.8. The number of imidazole rings is 1. The summed E-state index contributed by atoms with van der Waals surface area (Å²) in [6.07, 6.45) is 5.90. The molecule has 0 aliphatic carbocycles. The highest BCUT2D eigenvalue weighted by atomic mass is 19.1. The Labute approximate surface area is 234 Å². The molecular weight excluding hydrogens is 519 g/mol.